The number of carbonyl (C=O) groups is 1. The van der Waals surface area contributed by atoms with Crippen LogP contribution < -0.4 is 4.90 Å². The molecule has 0 aromatic heterocycles. The second-order valence-electron chi connectivity index (χ2n) is 8.68. The smallest absolute Gasteiger partial charge is 0.225 e. The summed E-state index contributed by atoms with van der Waals surface area (Å²) in [6.07, 6.45) is 6.26. The van der Waals surface area contributed by atoms with Crippen LogP contribution >= 0.6 is 11.6 Å². The molecule has 3 aliphatic heterocycles. The molecule has 30 heavy (non-hydrogen) atoms. The van der Waals surface area contributed by atoms with Gasteiger partial charge in [-0.3, -0.25) is 9.79 Å². The van der Waals surface area contributed by atoms with Crippen molar-refractivity contribution in [1.29, 1.82) is 0 Å². The van der Waals surface area contributed by atoms with Crippen LogP contribution in [0.25, 0.3) is 0 Å². The number of hydrogen-bond donors (Lipinski definition) is 0. The Hall–Kier alpha value is -2.33. The van der Waals surface area contributed by atoms with Crippen molar-refractivity contribution in [2.24, 2.45) is 10.9 Å². The molecule has 2 fully saturated rings. The number of rotatable bonds is 3. The van der Waals surface area contributed by atoms with Gasteiger partial charge in [-0.15, -0.1) is 0 Å². The lowest BCUT2D eigenvalue weighted by atomic mass is 9.93. The number of para-hydroxylation sites is 1. The summed E-state index contributed by atoms with van der Waals surface area (Å²) >= 11 is 6.56. The molecular weight excluding hydrogens is 394 g/mol. The number of benzene rings is 2. The highest BCUT2D eigenvalue weighted by Gasteiger charge is 2.29. The van der Waals surface area contributed by atoms with Gasteiger partial charge < -0.3 is 9.80 Å². The molecule has 0 atom stereocenters. The first-order valence-electron chi connectivity index (χ1n) is 11.2. The predicted molar refractivity (Wildman–Crippen MR) is 123 cm³/mol. The lowest BCUT2D eigenvalue weighted by Crippen LogP contribution is -2.44. The van der Waals surface area contributed by atoms with Crippen LogP contribution in [0.3, 0.4) is 0 Å². The Morgan fingerprint density at radius 3 is 2.50 bits per heavy atom. The third-order valence-corrected chi connectivity index (χ3v) is 7.07. The molecule has 5 rings (SSSR count). The molecule has 0 aliphatic carbocycles. The monoisotopic (exact) mass is 421 g/mol. The maximum Gasteiger partial charge on any atom is 0.225 e. The first-order valence-corrected chi connectivity index (χ1v) is 11.6. The van der Waals surface area contributed by atoms with Gasteiger partial charge in [-0.05, 0) is 61.9 Å². The van der Waals surface area contributed by atoms with E-state index in [1.165, 1.54) is 17.7 Å². The fraction of sp³-hybridized carbons (Fsp3) is 0.440. The molecular formula is C25H28ClN3O. The minimum absolute atomic E-state index is 0.180. The number of fused-ring (bicyclic) bond motifs is 1. The van der Waals surface area contributed by atoms with Crippen LogP contribution in [0.15, 0.2) is 47.5 Å². The van der Waals surface area contributed by atoms with Crippen molar-refractivity contribution < 1.29 is 4.79 Å². The van der Waals surface area contributed by atoms with E-state index in [9.17, 15) is 4.79 Å². The molecule has 3 aliphatic rings. The quantitative estimate of drug-likeness (QED) is 0.678. The maximum atomic E-state index is 12.9. The number of amides is 1. The van der Waals surface area contributed by atoms with Gasteiger partial charge in [0.2, 0.25) is 5.91 Å². The van der Waals surface area contributed by atoms with E-state index in [2.05, 4.69) is 40.1 Å². The minimum Gasteiger partial charge on any atom is -0.371 e. The van der Waals surface area contributed by atoms with Crippen molar-refractivity contribution in [3.8, 4) is 0 Å². The van der Waals surface area contributed by atoms with Crippen molar-refractivity contribution in [2.45, 2.75) is 38.5 Å². The van der Waals surface area contributed by atoms with Gasteiger partial charge in [-0.25, -0.2) is 0 Å². The number of carbonyl (C=O) groups excluding carboxylic acids is 1. The Balaban J connectivity index is 1.27. The van der Waals surface area contributed by atoms with Crippen molar-refractivity contribution in [1.82, 2.24) is 4.90 Å². The lowest BCUT2D eigenvalue weighted by molar-refractivity contribution is -0.137. The molecule has 0 unspecified atom stereocenters. The van der Waals surface area contributed by atoms with Crippen molar-refractivity contribution in [3.05, 3.63) is 58.6 Å². The fourth-order valence-corrected chi connectivity index (χ4v) is 5.21. The highest BCUT2D eigenvalue weighted by Crippen LogP contribution is 2.33. The van der Waals surface area contributed by atoms with Gasteiger partial charge >= 0.3 is 0 Å². The third kappa shape index (κ3) is 3.85. The molecule has 2 aromatic rings. The fourth-order valence-electron chi connectivity index (χ4n) is 4.98. The van der Waals surface area contributed by atoms with Gasteiger partial charge in [0.1, 0.15) is 0 Å². The molecule has 0 N–H and O–H groups in total. The van der Waals surface area contributed by atoms with Crippen LogP contribution in [0.5, 0.6) is 0 Å². The normalized spacial score (nSPS) is 19.6. The number of nitrogens with zero attached hydrogens (tertiary/aromatic N) is 3. The van der Waals surface area contributed by atoms with E-state index >= 15 is 0 Å². The zero-order chi connectivity index (χ0) is 20.5. The van der Waals surface area contributed by atoms with Crippen LogP contribution in [-0.2, 0) is 11.2 Å². The number of likely N-dealkylation sites (tertiary alicyclic amines) is 1. The zero-order valence-electron chi connectivity index (χ0n) is 17.3. The summed E-state index contributed by atoms with van der Waals surface area (Å²) in [6.45, 7) is 3.73. The SMILES string of the molecule is O=C(C1CCN(c2ccc(Cl)c(C3=Nc4ccccc4C3)c2)CC1)N1CCCCC1. The lowest BCUT2D eigenvalue weighted by Gasteiger charge is -2.36. The summed E-state index contributed by atoms with van der Waals surface area (Å²) in [7, 11) is 0. The molecule has 2 aromatic carbocycles. The summed E-state index contributed by atoms with van der Waals surface area (Å²) in [5.74, 6) is 0.559. The highest BCUT2D eigenvalue weighted by atomic mass is 35.5. The number of anilines is 1. The number of aliphatic imine (C=N–C) groups is 1. The number of halogens is 1. The molecule has 0 radical (unpaired) electrons. The Kier molecular flexibility index (Phi) is 5.51. The first kappa shape index (κ1) is 19.6. The van der Waals surface area contributed by atoms with Crippen LogP contribution in [0.1, 0.15) is 43.2 Å². The number of piperidine rings is 2. The van der Waals surface area contributed by atoms with Gasteiger partial charge in [-0.2, -0.15) is 0 Å². The average Bonchev–Trinajstić information content (AvgIpc) is 3.24. The molecule has 1 amide bonds. The van der Waals surface area contributed by atoms with Crippen LogP contribution in [-0.4, -0.2) is 42.7 Å². The van der Waals surface area contributed by atoms with Gasteiger partial charge in [0.05, 0.1) is 11.4 Å². The summed E-state index contributed by atoms with van der Waals surface area (Å²) < 4.78 is 0. The van der Waals surface area contributed by atoms with Gasteiger partial charge in [0.15, 0.2) is 0 Å². The van der Waals surface area contributed by atoms with E-state index in [0.717, 1.165) is 80.3 Å². The Morgan fingerprint density at radius 2 is 1.73 bits per heavy atom. The maximum absolute atomic E-state index is 12.9. The van der Waals surface area contributed by atoms with Gasteiger partial charge in [0.25, 0.3) is 0 Å². The van der Waals surface area contributed by atoms with Gasteiger partial charge in [0, 0.05) is 54.8 Å². The highest BCUT2D eigenvalue weighted by molar-refractivity contribution is 6.34. The molecule has 2 saturated heterocycles. The van der Waals surface area contributed by atoms with E-state index in [0.29, 0.717) is 5.91 Å². The van der Waals surface area contributed by atoms with E-state index in [1.54, 1.807) is 0 Å². The van der Waals surface area contributed by atoms with Crippen LogP contribution in [0, 0.1) is 5.92 Å². The van der Waals surface area contributed by atoms with Gasteiger partial charge in [-0.1, -0.05) is 29.8 Å². The Morgan fingerprint density at radius 1 is 0.967 bits per heavy atom. The second kappa shape index (κ2) is 8.43. The average molecular weight is 422 g/mol. The standard InChI is InChI=1S/C25H28ClN3O/c26-22-9-8-20(17-21(22)24-16-19-6-2-3-7-23(19)27-24)28-14-10-18(11-15-28)25(30)29-12-4-1-5-13-29/h2-3,6-9,17-18H,1,4-5,10-16H2. The largest absolute Gasteiger partial charge is 0.371 e. The van der Waals surface area contributed by atoms with Crippen LogP contribution in [0.2, 0.25) is 5.02 Å². The van der Waals surface area contributed by atoms with Crippen molar-refractivity contribution in [3.63, 3.8) is 0 Å². The molecule has 0 bridgehead atoms. The third-order valence-electron chi connectivity index (χ3n) is 6.74. The Labute approximate surface area is 183 Å². The van der Waals surface area contributed by atoms with E-state index in [1.807, 2.05) is 12.1 Å². The molecule has 4 nitrogen and oxygen atoms in total. The van der Waals surface area contributed by atoms with Crippen molar-refractivity contribution >= 4 is 34.6 Å². The number of hydrogen-bond acceptors (Lipinski definition) is 3. The minimum atomic E-state index is 0.180. The first-order chi connectivity index (χ1) is 14.7. The van der Waals surface area contributed by atoms with E-state index in [4.69, 9.17) is 16.6 Å². The Bertz CT molecular complexity index is 972. The van der Waals surface area contributed by atoms with E-state index < -0.39 is 0 Å². The second-order valence-corrected chi connectivity index (χ2v) is 9.08. The summed E-state index contributed by atoms with van der Waals surface area (Å²) in [6, 6.07) is 14.5. The molecule has 5 heteroatoms. The topological polar surface area (TPSA) is 35.9 Å². The summed E-state index contributed by atoms with van der Waals surface area (Å²) in [5, 5.41) is 0.750. The molecule has 0 saturated carbocycles. The molecule has 0 spiro atoms. The molecule has 3 heterocycles. The van der Waals surface area contributed by atoms with Crippen LogP contribution in [0.4, 0.5) is 11.4 Å². The summed E-state index contributed by atoms with van der Waals surface area (Å²) in [5.41, 5.74) is 5.55. The summed E-state index contributed by atoms with van der Waals surface area (Å²) in [4.78, 5) is 22.2. The molecule has 156 valence electrons. The van der Waals surface area contributed by atoms with E-state index in [-0.39, 0.29) is 5.92 Å². The zero-order valence-corrected chi connectivity index (χ0v) is 18.1. The van der Waals surface area contributed by atoms with Crippen molar-refractivity contribution in [2.75, 3.05) is 31.1 Å². The predicted octanol–water partition coefficient (Wildman–Crippen LogP) is 5.25.